The van der Waals surface area contributed by atoms with Gasteiger partial charge in [-0.15, -0.1) is 0 Å². The Morgan fingerprint density at radius 3 is 2.76 bits per heavy atom. The number of ether oxygens (including phenoxy) is 1. The highest BCUT2D eigenvalue weighted by molar-refractivity contribution is 5.94. The van der Waals surface area contributed by atoms with Crippen molar-refractivity contribution < 1.29 is 13.9 Å². The highest BCUT2D eigenvalue weighted by atomic mass is 19.1. The fourth-order valence-corrected chi connectivity index (χ4v) is 3.31. The fraction of sp³-hybridized carbons (Fsp3) is 0.263. The maximum atomic E-state index is 14.7. The Kier molecular flexibility index (Phi) is 3.67. The highest BCUT2D eigenvalue weighted by Crippen LogP contribution is 2.36. The Labute approximate surface area is 144 Å². The first-order valence-electron chi connectivity index (χ1n) is 8.18. The highest BCUT2D eigenvalue weighted by Gasteiger charge is 2.36. The molecule has 1 unspecified atom stereocenters. The first-order valence-corrected chi connectivity index (χ1v) is 8.18. The molecular formula is C19H18FN3O2. The molecule has 0 saturated carbocycles. The molecule has 1 fully saturated rings. The molecule has 0 aliphatic carbocycles. The maximum absolute atomic E-state index is 14.7. The number of likely N-dealkylation sites (tertiary alicyclic amines) is 1. The van der Waals surface area contributed by atoms with Gasteiger partial charge >= 0.3 is 0 Å². The zero-order valence-electron chi connectivity index (χ0n) is 14.1. The Balaban J connectivity index is 1.67. The minimum Gasteiger partial charge on any atom is -0.497 e. The van der Waals surface area contributed by atoms with Gasteiger partial charge in [0, 0.05) is 12.2 Å². The Morgan fingerprint density at radius 2 is 2.08 bits per heavy atom. The van der Waals surface area contributed by atoms with E-state index in [0.717, 1.165) is 17.7 Å². The van der Waals surface area contributed by atoms with Crippen LogP contribution in [0.15, 0.2) is 42.5 Å². The molecule has 0 radical (unpaired) electrons. The van der Waals surface area contributed by atoms with Gasteiger partial charge in [-0.1, -0.05) is 18.2 Å². The number of carbonyl (C=O) groups excluding carboxylic acids is 1. The largest absolute Gasteiger partial charge is 0.497 e. The molecule has 0 bridgehead atoms. The molecule has 1 atom stereocenters. The van der Waals surface area contributed by atoms with Crippen LogP contribution in [0, 0.1) is 12.9 Å². The zero-order chi connectivity index (χ0) is 17.6. The molecule has 2 aromatic heterocycles. The quantitative estimate of drug-likeness (QED) is 0.735. The lowest BCUT2D eigenvalue weighted by Crippen LogP contribution is -2.45. The van der Waals surface area contributed by atoms with Crippen molar-refractivity contribution in [3.05, 3.63) is 65.4 Å². The minimum atomic E-state index is -0.602. The summed E-state index contributed by atoms with van der Waals surface area (Å²) in [6.07, 6.45) is 0.840. The SMILES string of the molecule is COc1cccc(C2CCN2C(=O)c2nc3cccc(C)n3c2F)c1. The standard InChI is InChI=1S/C19H18FN3O2/c1-12-5-3-8-16-21-17(18(20)23(12)16)19(24)22-10-9-15(22)13-6-4-7-14(11-13)25-2/h3-8,11,15H,9-10H2,1-2H3. The summed E-state index contributed by atoms with van der Waals surface area (Å²) < 4.78 is 21.4. The van der Waals surface area contributed by atoms with E-state index in [0.29, 0.717) is 17.9 Å². The van der Waals surface area contributed by atoms with Crippen LogP contribution in [0.25, 0.3) is 5.65 Å². The van der Waals surface area contributed by atoms with E-state index in [1.807, 2.05) is 24.3 Å². The number of rotatable bonds is 3. The summed E-state index contributed by atoms with van der Waals surface area (Å²) in [4.78, 5) is 18.7. The summed E-state index contributed by atoms with van der Waals surface area (Å²) in [5.74, 6) is -0.236. The number of halogens is 1. The number of aromatic nitrogens is 2. The molecular weight excluding hydrogens is 321 g/mol. The smallest absolute Gasteiger partial charge is 0.277 e. The van der Waals surface area contributed by atoms with Crippen molar-refractivity contribution >= 4 is 11.6 Å². The molecule has 1 amide bonds. The number of fused-ring (bicyclic) bond motifs is 1. The number of carbonyl (C=O) groups is 1. The van der Waals surface area contributed by atoms with E-state index in [2.05, 4.69) is 4.98 Å². The monoisotopic (exact) mass is 339 g/mol. The van der Waals surface area contributed by atoms with Crippen LogP contribution in [0.5, 0.6) is 5.75 Å². The number of benzene rings is 1. The summed E-state index contributed by atoms with van der Waals surface area (Å²) >= 11 is 0. The summed E-state index contributed by atoms with van der Waals surface area (Å²) in [6.45, 7) is 2.38. The lowest BCUT2D eigenvalue weighted by Gasteiger charge is -2.41. The third kappa shape index (κ3) is 2.45. The number of hydrogen-bond donors (Lipinski definition) is 0. The van der Waals surface area contributed by atoms with E-state index < -0.39 is 5.95 Å². The van der Waals surface area contributed by atoms with Crippen molar-refractivity contribution in [1.82, 2.24) is 14.3 Å². The molecule has 6 heteroatoms. The van der Waals surface area contributed by atoms with E-state index in [9.17, 15) is 9.18 Å². The van der Waals surface area contributed by atoms with Crippen LogP contribution >= 0.6 is 0 Å². The molecule has 1 saturated heterocycles. The second-order valence-corrected chi connectivity index (χ2v) is 6.19. The number of imidazole rings is 1. The van der Waals surface area contributed by atoms with Gasteiger partial charge in [0.05, 0.1) is 13.2 Å². The van der Waals surface area contributed by atoms with Crippen LogP contribution < -0.4 is 4.74 Å². The van der Waals surface area contributed by atoms with Crippen molar-refractivity contribution in [1.29, 1.82) is 0 Å². The van der Waals surface area contributed by atoms with Gasteiger partial charge in [0.15, 0.2) is 5.69 Å². The summed E-state index contributed by atoms with van der Waals surface area (Å²) in [5.41, 5.74) is 2.01. The zero-order valence-corrected chi connectivity index (χ0v) is 14.1. The predicted molar refractivity (Wildman–Crippen MR) is 91.3 cm³/mol. The van der Waals surface area contributed by atoms with Crippen LogP contribution in [-0.4, -0.2) is 33.8 Å². The van der Waals surface area contributed by atoms with Crippen molar-refractivity contribution in [3.63, 3.8) is 0 Å². The molecule has 4 rings (SSSR count). The van der Waals surface area contributed by atoms with Gasteiger partial charge < -0.3 is 9.64 Å². The predicted octanol–water partition coefficient (Wildman–Crippen LogP) is 3.38. The third-order valence-electron chi connectivity index (χ3n) is 4.74. The average molecular weight is 339 g/mol. The summed E-state index contributed by atoms with van der Waals surface area (Å²) in [6, 6.07) is 12.8. The van der Waals surface area contributed by atoms with Crippen LogP contribution in [0.4, 0.5) is 4.39 Å². The minimum absolute atomic E-state index is 0.0760. The lowest BCUT2D eigenvalue weighted by molar-refractivity contribution is 0.0449. The summed E-state index contributed by atoms with van der Waals surface area (Å²) in [7, 11) is 1.61. The molecule has 25 heavy (non-hydrogen) atoms. The second-order valence-electron chi connectivity index (χ2n) is 6.19. The lowest BCUT2D eigenvalue weighted by atomic mass is 9.94. The Hall–Kier alpha value is -2.89. The maximum Gasteiger partial charge on any atom is 0.277 e. The van der Waals surface area contributed by atoms with Gasteiger partial charge in [-0.3, -0.25) is 9.20 Å². The van der Waals surface area contributed by atoms with Gasteiger partial charge in [-0.05, 0) is 43.2 Å². The van der Waals surface area contributed by atoms with Crippen molar-refractivity contribution in [2.24, 2.45) is 0 Å². The van der Waals surface area contributed by atoms with Gasteiger partial charge in [0.2, 0.25) is 5.95 Å². The van der Waals surface area contributed by atoms with Crippen LogP contribution in [0.3, 0.4) is 0 Å². The number of methoxy groups -OCH3 is 1. The molecule has 3 heterocycles. The third-order valence-corrected chi connectivity index (χ3v) is 4.74. The van der Waals surface area contributed by atoms with Crippen molar-refractivity contribution in [2.45, 2.75) is 19.4 Å². The van der Waals surface area contributed by atoms with Gasteiger partial charge in [-0.25, -0.2) is 4.98 Å². The first-order chi connectivity index (χ1) is 12.1. The van der Waals surface area contributed by atoms with E-state index in [-0.39, 0.29) is 17.6 Å². The fourth-order valence-electron chi connectivity index (χ4n) is 3.31. The Bertz CT molecular complexity index is 966. The normalized spacial score (nSPS) is 16.8. The molecule has 5 nitrogen and oxygen atoms in total. The van der Waals surface area contributed by atoms with Gasteiger partial charge in [-0.2, -0.15) is 4.39 Å². The molecule has 3 aromatic rings. The molecule has 0 N–H and O–H groups in total. The number of hydrogen-bond acceptors (Lipinski definition) is 3. The van der Waals surface area contributed by atoms with E-state index >= 15 is 0 Å². The second kappa shape index (κ2) is 5.88. The number of amides is 1. The van der Waals surface area contributed by atoms with Crippen LogP contribution in [0.2, 0.25) is 0 Å². The molecule has 1 aliphatic rings. The van der Waals surface area contributed by atoms with E-state index in [4.69, 9.17) is 4.74 Å². The van der Waals surface area contributed by atoms with Crippen molar-refractivity contribution in [3.8, 4) is 5.75 Å². The molecule has 128 valence electrons. The van der Waals surface area contributed by atoms with Crippen molar-refractivity contribution in [2.75, 3.05) is 13.7 Å². The van der Waals surface area contributed by atoms with E-state index in [1.165, 1.54) is 4.40 Å². The topological polar surface area (TPSA) is 46.8 Å². The number of aryl methyl sites for hydroxylation is 1. The molecule has 1 aromatic carbocycles. The van der Waals surface area contributed by atoms with E-state index in [1.54, 1.807) is 37.1 Å². The first kappa shape index (κ1) is 15.6. The van der Waals surface area contributed by atoms with Gasteiger partial charge in [0.25, 0.3) is 5.91 Å². The number of nitrogens with zero attached hydrogens (tertiary/aromatic N) is 3. The molecule has 0 spiro atoms. The van der Waals surface area contributed by atoms with Crippen LogP contribution in [-0.2, 0) is 0 Å². The molecule has 1 aliphatic heterocycles. The van der Waals surface area contributed by atoms with Crippen LogP contribution in [0.1, 0.15) is 34.2 Å². The summed E-state index contributed by atoms with van der Waals surface area (Å²) in [5, 5.41) is 0. The van der Waals surface area contributed by atoms with Gasteiger partial charge in [0.1, 0.15) is 11.4 Å². The number of pyridine rings is 1. The average Bonchev–Trinajstić information content (AvgIpc) is 2.92. The Morgan fingerprint density at radius 1 is 1.28 bits per heavy atom.